The minimum Gasteiger partial charge on any atom is -0.376 e. The predicted octanol–water partition coefficient (Wildman–Crippen LogP) is 1.09. The van der Waals surface area contributed by atoms with Crippen LogP contribution in [0.5, 0.6) is 0 Å². The van der Waals surface area contributed by atoms with Crippen LogP contribution in [-0.4, -0.2) is 64.2 Å². The molecule has 1 aromatic rings. The first-order chi connectivity index (χ1) is 12.3. The number of carbonyl (C=O) groups excluding carboxylic acids is 1. The van der Waals surface area contributed by atoms with E-state index < -0.39 is 0 Å². The monoisotopic (exact) mass is 349 g/mol. The van der Waals surface area contributed by atoms with Gasteiger partial charge in [-0.05, 0) is 32.1 Å². The van der Waals surface area contributed by atoms with Crippen LogP contribution >= 0.6 is 0 Å². The molecular formula is C17H27N5O3. The Kier molecular flexibility index (Phi) is 5.17. The van der Waals surface area contributed by atoms with Crippen molar-refractivity contribution in [1.82, 2.24) is 25.0 Å². The number of nitrogens with one attached hydrogen (secondary N) is 1. The third kappa shape index (κ3) is 3.95. The maximum absolute atomic E-state index is 12.8. The summed E-state index contributed by atoms with van der Waals surface area (Å²) in [6.07, 6.45) is 6.56. The Balaban J connectivity index is 1.35. The van der Waals surface area contributed by atoms with Crippen molar-refractivity contribution in [2.45, 2.75) is 63.8 Å². The van der Waals surface area contributed by atoms with Gasteiger partial charge in [0, 0.05) is 39.3 Å². The van der Waals surface area contributed by atoms with E-state index in [1.165, 1.54) is 0 Å². The number of hydrogen-bond acceptors (Lipinski definition) is 5. The van der Waals surface area contributed by atoms with Crippen molar-refractivity contribution >= 4 is 6.03 Å². The van der Waals surface area contributed by atoms with Crippen molar-refractivity contribution in [3.05, 3.63) is 11.6 Å². The van der Waals surface area contributed by atoms with Gasteiger partial charge in [0.2, 0.25) is 0 Å². The molecule has 138 valence electrons. The standard InChI is InChI=1S/C17H27N5O3/c23-17(18-10-16-20-19-15-6-1-7-22(15)16)21(11-13-4-2-8-24-13)12-14-5-3-9-25-14/h13-14H,1-12H2,(H,18,23)/t13-,14+. The summed E-state index contributed by atoms with van der Waals surface area (Å²) in [5.74, 6) is 1.87. The van der Waals surface area contributed by atoms with Gasteiger partial charge in [-0.2, -0.15) is 0 Å². The molecule has 2 atom stereocenters. The van der Waals surface area contributed by atoms with E-state index in [-0.39, 0.29) is 18.2 Å². The van der Waals surface area contributed by atoms with Crippen molar-refractivity contribution < 1.29 is 14.3 Å². The molecule has 2 amide bonds. The molecule has 3 aliphatic heterocycles. The lowest BCUT2D eigenvalue weighted by atomic mass is 10.2. The minimum atomic E-state index is -0.0682. The summed E-state index contributed by atoms with van der Waals surface area (Å²) in [4.78, 5) is 14.6. The van der Waals surface area contributed by atoms with Crippen molar-refractivity contribution in [3.63, 3.8) is 0 Å². The van der Waals surface area contributed by atoms with Gasteiger partial charge in [-0.1, -0.05) is 0 Å². The summed E-state index contributed by atoms with van der Waals surface area (Å²) >= 11 is 0. The van der Waals surface area contributed by atoms with E-state index in [2.05, 4.69) is 20.1 Å². The molecule has 3 aliphatic rings. The number of carbonyl (C=O) groups is 1. The molecule has 4 heterocycles. The lowest BCUT2D eigenvalue weighted by Crippen LogP contribution is -2.47. The van der Waals surface area contributed by atoms with E-state index in [0.717, 1.165) is 69.9 Å². The normalized spacial score (nSPS) is 25.3. The number of rotatable bonds is 6. The van der Waals surface area contributed by atoms with E-state index in [4.69, 9.17) is 9.47 Å². The first kappa shape index (κ1) is 16.8. The molecule has 0 bridgehead atoms. The third-order valence-corrected chi connectivity index (χ3v) is 5.27. The molecule has 2 saturated heterocycles. The van der Waals surface area contributed by atoms with Crippen LogP contribution in [-0.2, 0) is 29.0 Å². The van der Waals surface area contributed by atoms with Crippen molar-refractivity contribution in [2.75, 3.05) is 26.3 Å². The number of aryl methyl sites for hydroxylation is 1. The van der Waals surface area contributed by atoms with Gasteiger partial charge in [0.15, 0.2) is 5.82 Å². The highest BCUT2D eigenvalue weighted by Gasteiger charge is 2.27. The maximum atomic E-state index is 12.8. The number of hydrogen-bond donors (Lipinski definition) is 1. The second kappa shape index (κ2) is 7.70. The summed E-state index contributed by atoms with van der Waals surface area (Å²) in [6, 6.07) is -0.0682. The van der Waals surface area contributed by atoms with Gasteiger partial charge < -0.3 is 24.3 Å². The van der Waals surface area contributed by atoms with Crippen LogP contribution < -0.4 is 5.32 Å². The van der Waals surface area contributed by atoms with Gasteiger partial charge >= 0.3 is 6.03 Å². The average Bonchev–Trinajstić information content (AvgIpc) is 3.37. The fraction of sp³-hybridized carbons (Fsp3) is 0.824. The summed E-state index contributed by atoms with van der Waals surface area (Å²) < 4.78 is 13.6. The smallest absolute Gasteiger partial charge is 0.317 e. The van der Waals surface area contributed by atoms with Crippen molar-refractivity contribution in [3.8, 4) is 0 Å². The van der Waals surface area contributed by atoms with E-state index in [0.29, 0.717) is 19.6 Å². The molecule has 0 saturated carbocycles. The number of nitrogens with zero attached hydrogens (tertiary/aromatic N) is 4. The second-order valence-corrected chi connectivity index (χ2v) is 7.12. The quantitative estimate of drug-likeness (QED) is 0.831. The minimum absolute atomic E-state index is 0.0682. The number of urea groups is 1. The van der Waals surface area contributed by atoms with Gasteiger partial charge in [-0.3, -0.25) is 0 Å². The van der Waals surface area contributed by atoms with Gasteiger partial charge in [0.05, 0.1) is 18.8 Å². The highest BCUT2D eigenvalue weighted by Crippen LogP contribution is 2.18. The number of amides is 2. The van der Waals surface area contributed by atoms with E-state index in [1.54, 1.807) is 0 Å². The van der Waals surface area contributed by atoms with Gasteiger partial charge in [0.25, 0.3) is 0 Å². The third-order valence-electron chi connectivity index (χ3n) is 5.27. The van der Waals surface area contributed by atoms with E-state index in [9.17, 15) is 4.79 Å². The molecule has 0 unspecified atom stereocenters. The molecule has 1 aromatic heterocycles. The largest absolute Gasteiger partial charge is 0.376 e. The Bertz CT molecular complexity index is 575. The molecule has 0 aromatic carbocycles. The molecule has 0 spiro atoms. The Labute approximate surface area is 147 Å². The topological polar surface area (TPSA) is 81.5 Å². The van der Waals surface area contributed by atoms with Gasteiger partial charge in [0.1, 0.15) is 5.82 Å². The molecular weight excluding hydrogens is 322 g/mol. The zero-order chi connectivity index (χ0) is 17.1. The van der Waals surface area contributed by atoms with Gasteiger partial charge in [-0.25, -0.2) is 4.79 Å². The van der Waals surface area contributed by atoms with Crippen molar-refractivity contribution in [1.29, 1.82) is 0 Å². The molecule has 0 aliphatic carbocycles. The van der Waals surface area contributed by atoms with E-state index in [1.807, 2.05) is 4.90 Å². The first-order valence-electron chi connectivity index (χ1n) is 9.46. The molecule has 4 rings (SSSR count). The summed E-state index contributed by atoms with van der Waals surface area (Å²) in [5.41, 5.74) is 0. The number of ether oxygens (including phenoxy) is 2. The predicted molar refractivity (Wildman–Crippen MR) is 90.1 cm³/mol. The Morgan fingerprint density at radius 1 is 1.12 bits per heavy atom. The molecule has 8 nitrogen and oxygen atoms in total. The van der Waals surface area contributed by atoms with Crippen LogP contribution in [0.25, 0.3) is 0 Å². The summed E-state index contributed by atoms with van der Waals surface area (Å²) in [6.45, 7) is 4.22. The molecule has 2 fully saturated rings. The molecule has 25 heavy (non-hydrogen) atoms. The van der Waals surface area contributed by atoms with Crippen LogP contribution in [0.15, 0.2) is 0 Å². The second-order valence-electron chi connectivity index (χ2n) is 7.12. The lowest BCUT2D eigenvalue weighted by Gasteiger charge is -2.27. The lowest BCUT2D eigenvalue weighted by molar-refractivity contribution is 0.0497. The Morgan fingerprint density at radius 3 is 2.48 bits per heavy atom. The van der Waals surface area contributed by atoms with Crippen LogP contribution in [0.1, 0.15) is 43.8 Å². The molecule has 1 N–H and O–H groups in total. The Morgan fingerprint density at radius 2 is 1.84 bits per heavy atom. The first-order valence-corrected chi connectivity index (χ1v) is 9.46. The fourth-order valence-electron chi connectivity index (χ4n) is 3.92. The molecule has 8 heteroatoms. The highest BCUT2D eigenvalue weighted by atomic mass is 16.5. The maximum Gasteiger partial charge on any atom is 0.317 e. The van der Waals surface area contributed by atoms with Crippen LogP contribution in [0.2, 0.25) is 0 Å². The zero-order valence-electron chi connectivity index (χ0n) is 14.7. The number of aromatic nitrogens is 3. The SMILES string of the molecule is O=C(NCc1nnc2n1CCC2)N(C[C@H]1CCCO1)C[C@@H]1CCCO1. The van der Waals surface area contributed by atoms with E-state index >= 15 is 0 Å². The highest BCUT2D eigenvalue weighted by molar-refractivity contribution is 5.74. The van der Waals surface area contributed by atoms with Crippen LogP contribution in [0.4, 0.5) is 4.79 Å². The average molecular weight is 349 g/mol. The summed E-state index contributed by atoms with van der Waals surface area (Å²) in [5, 5.41) is 11.4. The Hall–Kier alpha value is -1.67. The zero-order valence-corrected chi connectivity index (χ0v) is 14.7. The van der Waals surface area contributed by atoms with Gasteiger partial charge in [-0.15, -0.1) is 10.2 Å². The van der Waals surface area contributed by atoms with Crippen LogP contribution in [0.3, 0.4) is 0 Å². The summed E-state index contributed by atoms with van der Waals surface area (Å²) in [7, 11) is 0. The van der Waals surface area contributed by atoms with Crippen LogP contribution in [0, 0.1) is 0 Å². The van der Waals surface area contributed by atoms with Crippen molar-refractivity contribution in [2.24, 2.45) is 0 Å². The molecule has 0 radical (unpaired) electrons. The fourth-order valence-corrected chi connectivity index (χ4v) is 3.92. The number of fused-ring (bicyclic) bond motifs is 1.